The molecule has 0 radical (unpaired) electrons. The maximum Gasteiger partial charge on any atom is 0.337 e. The third-order valence-electron chi connectivity index (χ3n) is 3.67. The van der Waals surface area contributed by atoms with E-state index in [9.17, 15) is 9.59 Å². The quantitative estimate of drug-likeness (QED) is 0.861. The second-order valence-electron chi connectivity index (χ2n) is 5.30. The van der Waals surface area contributed by atoms with E-state index in [1.165, 1.54) is 17.8 Å². The molecule has 4 nitrogen and oxygen atoms in total. The molecule has 1 aliphatic heterocycles. The number of piperidine rings is 1. The van der Waals surface area contributed by atoms with Crippen LogP contribution in [0.25, 0.3) is 0 Å². The third kappa shape index (κ3) is 4.38. The molecule has 1 fully saturated rings. The summed E-state index contributed by atoms with van der Waals surface area (Å²) < 4.78 is 0. The Balaban J connectivity index is 1.92. The second-order valence-corrected chi connectivity index (χ2v) is 6.75. The van der Waals surface area contributed by atoms with Gasteiger partial charge in [-0.1, -0.05) is 18.5 Å². The number of carboxylic acids is 1. The van der Waals surface area contributed by atoms with Gasteiger partial charge < -0.3 is 10.0 Å². The summed E-state index contributed by atoms with van der Waals surface area (Å²) in [6.45, 7) is 3.85. The Morgan fingerprint density at radius 2 is 2.05 bits per heavy atom. The van der Waals surface area contributed by atoms with Gasteiger partial charge in [-0.25, -0.2) is 4.79 Å². The lowest BCUT2D eigenvalue weighted by Crippen LogP contribution is -2.38. The maximum absolute atomic E-state index is 12.1. The van der Waals surface area contributed by atoms with Crippen LogP contribution >= 0.6 is 23.4 Å². The highest BCUT2D eigenvalue weighted by Gasteiger charge is 2.20. The Hall–Kier alpha value is -1.20. The second kappa shape index (κ2) is 7.18. The van der Waals surface area contributed by atoms with Gasteiger partial charge in [0.15, 0.2) is 0 Å². The van der Waals surface area contributed by atoms with Gasteiger partial charge in [0.25, 0.3) is 0 Å². The molecule has 1 heterocycles. The molecule has 0 spiro atoms. The molecule has 2 rings (SSSR count). The standard InChI is InChI=1S/C15H18ClNO3S/c1-10-4-6-17(7-5-10)14(18)9-21-11-2-3-13(16)12(8-11)15(19)20/h2-3,8,10H,4-7,9H2,1H3,(H,19,20). The number of halogens is 1. The summed E-state index contributed by atoms with van der Waals surface area (Å²) in [6.07, 6.45) is 2.11. The Kier molecular flexibility index (Phi) is 5.53. The first kappa shape index (κ1) is 16.2. The summed E-state index contributed by atoms with van der Waals surface area (Å²) in [5.41, 5.74) is 0.0703. The first-order valence-corrected chi connectivity index (χ1v) is 8.27. The number of aromatic carboxylic acids is 1. The number of benzene rings is 1. The van der Waals surface area contributed by atoms with Crippen molar-refractivity contribution in [2.24, 2.45) is 5.92 Å². The van der Waals surface area contributed by atoms with Crippen molar-refractivity contribution in [3.8, 4) is 0 Å². The largest absolute Gasteiger partial charge is 0.478 e. The molecule has 0 aliphatic carbocycles. The highest BCUT2D eigenvalue weighted by atomic mass is 35.5. The van der Waals surface area contributed by atoms with E-state index in [1.807, 2.05) is 4.90 Å². The van der Waals surface area contributed by atoms with Gasteiger partial charge in [-0.2, -0.15) is 0 Å². The molecule has 21 heavy (non-hydrogen) atoms. The number of likely N-dealkylation sites (tertiary alicyclic amines) is 1. The molecule has 1 saturated heterocycles. The molecule has 0 aromatic heterocycles. The Labute approximate surface area is 133 Å². The van der Waals surface area contributed by atoms with Crippen molar-refractivity contribution in [2.75, 3.05) is 18.8 Å². The highest BCUT2D eigenvalue weighted by Crippen LogP contribution is 2.25. The van der Waals surface area contributed by atoms with Crippen LogP contribution in [0.4, 0.5) is 0 Å². The van der Waals surface area contributed by atoms with E-state index >= 15 is 0 Å². The van der Waals surface area contributed by atoms with Crippen LogP contribution in [0.15, 0.2) is 23.1 Å². The van der Waals surface area contributed by atoms with Gasteiger partial charge in [0.2, 0.25) is 5.91 Å². The van der Waals surface area contributed by atoms with Crippen LogP contribution < -0.4 is 0 Å². The average molecular weight is 328 g/mol. The summed E-state index contributed by atoms with van der Waals surface area (Å²) >= 11 is 7.17. The number of carbonyl (C=O) groups is 2. The van der Waals surface area contributed by atoms with Crippen molar-refractivity contribution in [1.29, 1.82) is 0 Å². The van der Waals surface area contributed by atoms with E-state index in [-0.39, 0.29) is 16.5 Å². The van der Waals surface area contributed by atoms with Crippen molar-refractivity contribution in [3.05, 3.63) is 28.8 Å². The summed E-state index contributed by atoms with van der Waals surface area (Å²) in [6, 6.07) is 4.81. The molecule has 1 N–H and O–H groups in total. The van der Waals surface area contributed by atoms with E-state index < -0.39 is 5.97 Å². The van der Waals surface area contributed by atoms with Crippen molar-refractivity contribution in [1.82, 2.24) is 4.90 Å². The summed E-state index contributed by atoms with van der Waals surface area (Å²) in [4.78, 5) is 25.8. The Morgan fingerprint density at radius 3 is 2.67 bits per heavy atom. The minimum atomic E-state index is -1.06. The molecule has 1 amide bonds. The first-order chi connectivity index (χ1) is 9.97. The van der Waals surface area contributed by atoms with Crippen molar-refractivity contribution >= 4 is 35.2 Å². The molecule has 0 saturated carbocycles. The number of rotatable bonds is 4. The van der Waals surface area contributed by atoms with Crippen molar-refractivity contribution < 1.29 is 14.7 Å². The predicted molar refractivity (Wildman–Crippen MR) is 84.1 cm³/mol. The van der Waals surface area contributed by atoms with E-state index in [0.29, 0.717) is 11.7 Å². The van der Waals surface area contributed by atoms with Crippen LogP contribution in [0.1, 0.15) is 30.1 Å². The Bertz CT molecular complexity index is 542. The molecule has 114 valence electrons. The van der Waals surface area contributed by atoms with Gasteiger partial charge in [0, 0.05) is 18.0 Å². The molecule has 0 bridgehead atoms. The number of nitrogens with zero attached hydrogens (tertiary/aromatic N) is 1. The fourth-order valence-electron chi connectivity index (χ4n) is 2.25. The number of hydrogen-bond donors (Lipinski definition) is 1. The smallest absolute Gasteiger partial charge is 0.337 e. The normalized spacial score (nSPS) is 16.0. The minimum Gasteiger partial charge on any atom is -0.478 e. The summed E-state index contributed by atoms with van der Waals surface area (Å²) in [7, 11) is 0. The van der Waals surface area contributed by atoms with Gasteiger partial charge in [0.05, 0.1) is 16.3 Å². The molecule has 0 unspecified atom stereocenters. The molecule has 1 aromatic rings. The van der Waals surface area contributed by atoms with Crippen LogP contribution in [0.2, 0.25) is 5.02 Å². The predicted octanol–water partition coefficient (Wildman–Crippen LogP) is 3.39. The lowest BCUT2D eigenvalue weighted by Gasteiger charge is -2.30. The van der Waals surface area contributed by atoms with E-state index in [4.69, 9.17) is 16.7 Å². The van der Waals surface area contributed by atoms with E-state index in [0.717, 1.165) is 30.8 Å². The van der Waals surface area contributed by atoms with Gasteiger partial charge in [-0.05, 0) is 37.0 Å². The van der Waals surface area contributed by atoms with Crippen LogP contribution in [-0.2, 0) is 4.79 Å². The fraction of sp³-hybridized carbons (Fsp3) is 0.467. The SMILES string of the molecule is CC1CCN(C(=O)CSc2ccc(Cl)c(C(=O)O)c2)CC1. The maximum atomic E-state index is 12.1. The minimum absolute atomic E-state index is 0.0703. The zero-order valence-electron chi connectivity index (χ0n) is 11.8. The van der Waals surface area contributed by atoms with Crippen LogP contribution in [0, 0.1) is 5.92 Å². The summed E-state index contributed by atoms with van der Waals surface area (Å²) in [5.74, 6) is 0.0725. The van der Waals surface area contributed by atoms with E-state index in [1.54, 1.807) is 12.1 Å². The van der Waals surface area contributed by atoms with Gasteiger partial charge in [-0.15, -0.1) is 11.8 Å². The van der Waals surface area contributed by atoms with Gasteiger partial charge in [0.1, 0.15) is 0 Å². The topological polar surface area (TPSA) is 57.6 Å². The molecular formula is C15H18ClNO3S. The molecular weight excluding hydrogens is 310 g/mol. The fourth-order valence-corrected chi connectivity index (χ4v) is 3.29. The number of carboxylic acid groups (broad SMARTS) is 1. The van der Waals surface area contributed by atoms with Crippen molar-refractivity contribution in [2.45, 2.75) is 24.7 Å². The number of thioether (sulfide) groups is 1. The first-order valence-electron chi connectivity index (χ1n) is 6.91. The van der Waals surface area contributed by atoms with Gasteiger partial charge >= 0.3 is 5.97 Å². The van der Waals surface area contributed by atoms with Crippen molar-refractivity contribution in [3.63, 3.8) is 0 Å². The van der Waals surface area contributed by atoms with Crippen LogP contribution in [0.3, 0.4) is 0 Å². The Morgan fingerprint density at radius 1 is 1.38 bits per heavy atom. The molecule has 1 aromatic carbocycles. The highest BCUT2D eigenvalue weighted by molar-refractivity contribution is 8.00. The summed E-state index contributed by atoms with van der Waals surface area (Å²) in [5, 5.41) is 9.24. The lowest BCUT2D eigenvalue weighted by molar-refractivity contribution is -0.129. The average Bonchev–Trinajstić information content (AvgIpc) is 2.46. The lowest BCUT2D eigenvalue weighted by atomic mass is 9.99. The van der Waals surface area contributed by atoms with Gasteiger partial charge in [-0.3, -0.25) is 4.79 Å². The monoisotopic (exact) mass is 327 g/mol. The molecule has 6 heteroatoms. The number of hydrogen-bond acceptors (Lipinski definition) is 3. The third-order valence-corrected chi connectivity index (χ3v) is 4.98. The van der Waals surface area contributed by atoms with E-state index in [2.05, 4.69) is 6.92 Å². The molecule has 1 aliphatic rings. The van der Waals surface area contributed by atoms with Crippen LogP contribution in [0.5, 0.6) is 0 Å². The van der Waals surface area contributed by atoms with Crippen LogP contribution in [-0.4, -0.2) is 40.7 Å². The number of carbonyl (C=O) groups excluding carboxylic acids is 1. The number of amides is 1. The zero-order chi connectivity index (χ0) is 15.4. The zero-order valence-corrected chi connectivity index (χ0v) is 13.4. The molecule has 0 atom stereocenters.